The summed E-state index contributed by atoms with van der Waals surface area (Å²) in [5.41, 5.74) is -1.19. The van der Waals surface area contributed by atoms with Crippen molar-refractivity contribution in [3.05, 3.63) is 23.8 Å². The molecule has 146 valence electrons. The van der Waals surface area contributed by atoms with Crippen LogP contribution in [0.2, 0.25) is 0 Å². The van der Waals surface area contributed by atoms with Crippen molar-refractivity contribution in [2.45, 2.75) is 38.2 Å². The summed E-state index contributed by atoms with van der Waals surface area (Å²) in [4.78, 5) is 10.3. The lowest BCUT2D eigenvalue weighted by Crippen LogP contribution is -2.46. The first-order valence-corrected chi connectivity index (χ1v) is 9.19. The standard InChI is InChI=1S/C19H23F2N3O3/c1-18(26)3-2-6-24(9-18)16-13-7-12(20)8-14(21)15(13)22-17(23-16)27-11-19(10-25)4-5-19/h7-8,25-26H,2-6,9-11H2,1H3/t18-/m1/s1. The molecule has 2 N–H and O–H groups in total. The van der Waals surface area contributed by atoms with Gasteiger partial charge in [-0.3, -0.25) is 0 Å². The molecule has 4 rings (SSSR count). The van der Waals surface area contributed by atoms with Crippen molar-refractivity contribution in [2.24, 2.45) is 5.41 Å². The summed E-state index contributed by atoms with van der Waals surface area (Å²) in [5, 5.41) is 20.1. The summed E-state index contributed by atoms with van der Waals surface area (Å²) < 4.78 is 33.9. The molecule has 0 radical (unpaired) electrons. The van der Waals surface area contributed by atoms with E-state index in [1.165, 1.54) is 6.07 Å². The normalized spacial score (nSPS) is 24.3. The van der Waals surface area contributed by atoms with Crippen LogP contribution in [0.25, 0.3) is 10.9 Å². The lowest BCUT2D eigenvalue weighted by molar-refractivity contribution is 0.0447. The molecule has 1 saturated heterocycles. The first kappa shape index (κ1) is 18.3. The number of hydrogen-bond acceptors (Lipinski definition) is 6. The Balaban J connectivity index is 1.74. The topological polar surface area (TPSA) is 78.7 Å². The van der Waals surface area contributed by atoms with Gasteiger partial charge in [-0.1, -0.05) is 0 Å². The van der Waals surface area contributed by atoms with Crippen LogP contribution >= 0.6 is 0 Å². The lowest BCUT2D eigenvalue weighted by Gasteiger charge is -2.38. The van der Waals surface area contributed by atoms with Crippen LogP contribution in [0.5, 0.6) is 6.01 Å². The number of β-amino-alcohol motifs (C(OH)–C–C–N with tert-alkyl or cyclic N) is 1. The zero-order chi connectivity index (χ0) is 19.2. The summed E-state index contributed by atoms with van der Waals surface area (Å²) in [6.07, 6.45) is 3.11. The van der Waals surface area contributed by atoms with E-state index in [1.807, 2.05) is 4.90 Å². The Morgan fingerprint density at radius 3 is 2.67 bits per heavy atom. The Bertz CT molecular complexity index is 871. The van der Waals surface area contributed by atoms with E-state index < -0.39 is 17.2 Å². The maximum Gasteiger partial charge on any atom is 0.319 e. The first-order chi connectivity index (χ1) is 12.8. The Morgan fingerprint density at radius 1 is 1.22 bits per heavy atom. The molecular formula is C19H23F2N3O3. The number of aromatic nitrogens is 2. The molecule has 0 unspecified atom stereocenters. The van der Waals surface area contributed by atoms with Crippen molar-refractivity contribution in [1.29, 1.82) is 0 Å². The van der Waals surface area contributed by atoms with Crippen LogP contribution in [0.15, 0.2) is 12.1 Å². The molecule has 0 spiro atoms. The molecule has 1 atom stereocenters. The molecule has 27 heavy (non-hydrogen) atoms. The molecule has 1 aromatic heterocycles. The second-order valence-electron chi connectivity index (χ2n) is 8.08. The molecule has 1 aliphatic heterocycles. The average molecular weight is 379 g/mol. The fourth-order valence-electron chi connectivity index (χ4n) is 3.57. The van der Waals surface area contributed by atoms with Gasteiger partial charge >= 0.3 is 6.01 Å². The van der Waals surface area contributed by atoms with Crippen molar-refractivity contribution >= 4 is 16.7 Å². The van der Waals surface area contributed by atoms with Gasteiger partial charge in [0.25, 0.3) is 0 Å². The van der Waals surface area contributed by atoms with E-state index in [1.54, 1.807) is 6.92 Å². The van der Waals surface area contributed by atoms with Crippen LogP contribution in [0.1, 0.15) is 32.6 Å². The molecular weight excluding hydrogens is 356 g/mol. The van der Waals surface area contributed by atoms with Crippen LogP contribution in [-0.4, -0.2) is 52.1 Å². The molecule has 1 saturated carbocycles. The fourth-order valence-corrected chi connectivity index (χ4v) is 3.57. The molecule has 1 aliphatic carbocycles. The number of nitrogens with zero attached hydrogens (tertiary/aromatic N) is 3. The fraction of sp³-hybridized carbons (Fsp3) is 0.579. The highest BCUT2D eigenvalue weighted by Crippen LogP contribution is 2.45. The quantitative estimate of drug-likeness (QED) is 0.831. The maximum absolute atomic E-state index is 14.4. The third kappa shape index (κ3) is 3.68. The summed E-state index contributed by atoms with van der Waals surface area (Å²) in [6.45, 7) is 2.91. The van der Waals surface area contributed by atoms with Crippen molar-refractivity contribution < 1.29 is 23.7 Å². The number of piperidine rings is 1. The summed E-state index contributed by atoms with van der Waals surface area (Å²) in [5.74, 6) is -1.15. The van der Waals surface area contributed by atoms with E-state index in [2.05, 4.69) is 9.97 Å². The van der Waals surface area contributed by atoms with E-state index in [0.29, 0.717) is 25.3 Å². The van der Waals surface area contributed by atoms with Crippen LogP contribution in [0.3, 0.4) is 0 Å². The van der Waals surface area contributed by atoms with E-state index >= 15 is 0 Å². The Kier molecular flexibility index (Phi) is 4.43. The minimum atomic E-state index is -0.905. The van der Waals surface area contributed by atoms with Gasteiger partial charge in [-0.15, -0.1) is 0 Å². The zero-order valence-corrected chi connectivity index (χ0v) is 15.2. The van der Waals surface area contributed by atoms with Crippen LogP contribution in [-0.2, 0) is 0 Å². The highest BCUT2D eigenvalue weighted by Gasteiger charge is 2.43. The number of aliphatic hydroxyl groups excluding tert-OH is 1. The number of rotatable bonds is 5. The molecule has 2 aliphatic rings. The van der Waals surface area contributed by atoms with Crippen molar-refractivity contribution in [1.82, 2.24) is 9.97 Å². The highest BCUT2D eigenvalue weighted by molar-refractivity contribution is 5.90. The number of halogens is 2. The number of hydrogen-bond donors (Lipinski definition) is 2. The highest BCUT2D eigenvalue weighted by atomic mass is 19.1. The largest absolute Gasteiger partial charge is 0.463 e. The second-order valence-corrected chi connectivity index (χ2v) is 8.08. The number of fused-ring (bicyclic) bond motifs is 1. The Morgan fingerprint density at radius 2 is 2.00 bits per heavy atom. The van der Waals surface area contributed by atoms with Crippen molar-refractivity contribution in [3.63, 3.8) is 0 Å². The molecule has 2 fully saturated rings. The monoisotopic (exact) mass is 379 g/mol. The molecule has 6 nitrogen and oxygen atoms in total. The van der Waals surface area contributed by atoms with E-state index in [-0.39, 0.29) is 35.5 Å². The van der Waals surface area contributed by atoms with Gasteiger partial charge < -0.3 is 19.8 Å². The molecule has 1 aromatic carbocycles. The molecule has 0 bridgehead atoms. The smallest absolute Gasteiger partial charge is 0.319 e. The number of ether oxygens (including phenoxy) is 1. The summed E-state index contributed by atoms with van der Waals surface area (Å²) >= 11 is 0. The van der Waals surface area contributed by atoms with Crippen LogP contribution in [0, 0.1) is 17.0 Å². The van der Waals surface area contributed by atoms with Crippen LogP contribution < -0.4 is 9.64 Å². The minimum Gasteiger partial charge on any atom is -0.463 e. The van der Waals surface area contributed by atoms with Crippen LogP contribution in [0.4, 0.5) is 14.6 Å². The van der Waals surface area contributed by atoms with Gasteiger partial charge in [0.05, 0.1) is 18.8 Å². The number of anilines is 1. The molecule has 2 heterocycles. The average Bonchev–Trinajstić information content (AvgIpc) is 3.39. The Hall–Kier alpha value is -2.06. The molecule has 0 amide bonds. The van der Waals surface area contributed by atoms with E-state index in [4.69, 9.17) is 4.74 Å². The lowest BCUT2D eigenvalue weighted by atomic mass is 9.95. The van der Waals surface area contributed by atoms with Gasteiger partial charge in [-0.2, -0.15) is 9.97 Å². The molecule has 8 heteroatoms. The summed E-state index contributed by atoms with van der Waals surface area (Å²) in [6, 6.07) is 1.98. The predicted molar refractivity (Wildman–Crippen MR) is 95.8 cm³/mol. The summed E-state index contributed by atoms with van der Waals surface area (Å²) in [7, 11) is 0. The number of benzene rings is 1. The SMILES string of the molecule is C[C@@]1(O)CCCN(c2nc(OCC3(CO)CC3)nc3c(F)cc(F)cc23)C1. The third-order valence-electron chi connectivity index (χ3n) is 5.45. The van der Waals surface area contributed by atoms with Crippen molar-refractivity contribution in [3.8, 4) is 6.01 Å². The van der Waals surface area contributed by atoms with Gasteiger partial charge in [-0.05, 0) is 38.7 Å². The maximum atomic E-state index is 14.4. The van der Waals surface area contributed by atoms with Gasteiger partial charge in [0.15, 0.2) is 5.82 Å². The predicted octanol–water partition coefficient (Wildman–Crippen LogP) is 2.41. The third-order valence-corrected chi connectivity index (χ3v) is 5.45. The first-order valence-electron chi connectivity index (χ1n) is 9.19. The van der Waals surface area contributed by atoms with E-state index in [0.717, 1.165) is 25.3 Å². The second kappa shape index (κ2) is 6.53. The van der Waals surface area contributed by atoms with E-state index in [9.17, 15) is 19.0 Å². The van der Waals surface area contributed by atoms with Gasteiger partial charge in [0.2, 0.25) is 0 Å². The molecule has 2 aromatic rings. The van der Waals surface area contributed by atoms with Gasteiger partial charge in [0, 0.05) is 30.0 Å². The minimum absolute atomic E-state index is 0.00653. The Labute approximate surface area is 155 Å². The zero-order valence-electron chi connectivity index (χ0n) is 15.2. The van der Waals surface area contributed by atoms with Crippen molar-refractivity contribution in [2.75, 3.05) is 31.2 Å². The van der Waals surface area contributed by atoms with Gasteiger partial charge in [-0.25, -0.2) is 8.78 Å². The number of aliphatic hydroxyl groups is 2. The van der Waals surface area contributed by atoms with Gasteiger partial charge in [0.1, 0.15) is 17.2 Å².